The monoisotopic (exact) mass is 445 g/mol. The molecule has 2 N–H and O–H groups in total. The van der Waals surface area contributed by atoms with E-state index in [1.54, 1.807) is 18.0 Å². The molecule has 0 bridgehead atoms. The molecule has 0 radical (unpaired) electrons. The van der Waals surface area contributed by atoms with Crippen LogP contribution in [0.5, 0.6) is 5.75 Å². The lowest BCUT2D eigenvalue weighted by Crippen LogP contribution is -2.45. The molecule has 11 heteroatoms. The van der Waals surface area contributed by atoms with Crippen molar-refractivity contribution < 1.29 is 27.4 Å². The van der Waals surface area contributed by atoms with Crippen LogP contribution in [0.1, 0.15) is 24.7 Å². The molecule has 0 amide bonds. The number of aryl methyl sites for hydroxylation is 1. The number of hydrogen-bond acceptors (Lipinski definition) is 4. The topological polar surface area (TPSA) is 74.9 Å². The second-order valence-corrected chi connectivity index (χ2v) is 7.03. The quantitative estimate of drug-likeness (QED) is 0.371. The molecule has 0 aliphatic heterocycles. The molecular formula is C20H27F4N5O2. The van der Waals surface area contributed by atoms with E-state index in [-0.39, 0.29) is 18.8 Å². The first-order chi connectivity index (χ1) is 14.5. The Balaban J connectivity index is 2.17. The summed E-state index contributed by atoms with van der Waals surface area (Å²) in [5.74, 6) is -0.571. The van der Waals surface area contributed by atoms with Gasteiger partial charge < -0.3 is 24.6 Å². The zero-order valence-electron chi connectivity index (χ0n) is 17.9. The lowest BCUT2D eigenvalue weighted by Gasteiger charge is -2.29. The average Bonchev–Trinajstić information content (AvgIpc) is 3.12. The summed E-state index contributed by atoms with van der Waals surface area (Å²) < 4.78 is 60.9. The summed E-state index contributed by atoms with van der Waals surface area (Å²) >= 11 is 0. The minimum Gasteiger partial charge on any atom is -0.494 e. The number of aliphatic imine (C=N–C) groups is 1. The Bertz CT molecular complexity index is 900. The van der Waals surface area contributed by atoms with Crippen LogP contribution in [-0.4, -0.2) is 58.9 Å². The van der Waals surface area contributed by atoms with E-state index in [2.05, 4.69) is 15.3 Å². The third-order valence-electron chi connectivity index (χ3n) is 4.73. The summed E-state index contributed by atoms with van der Waals surface area (Å²) in [5, 5.41) is 13.4. The number of nitrogens with one attached hydrogen (secondary N) is 1. The van der Waals surface area contributed by atoms with Gasteiger partial charge in [0, 0.05) is 52.5 Å². The Kier molecular flexibility index (Phi) is 7.88. The van der Waals surface area contributed by atoms with Gasteiger partial charge in [0.15, 0.2) is 17.5 Å². The van der Waals surface area contributed by atoms with Crippen LogP contribution in [-0.2, 0) is 19.2 Å². The predicted molar refractivity (Wildman–Crippen MR) is 108 cm³/mol. The molecule has 1 aromatic carbocycles. The van der Waals surface area contributed by atoms with Crippen molar-refractivity contribution in [2.75, 3.05) is 27.2 Å². The number of hydrogen-bond donors (Lipinski definition) is 2. The van der Waals surface area contributed by atoms with Crippen molar-refractivity contribution in [3.8, 4) is 5.75 Å². The van der Waals surface area contributed by atoms with Gasteiger partial charge in [0.05, 0.1) is 7.11 Å². The first-order valence-electron chi connectivity index (χ1n) is 9.62. The van der Waals surface area contributed by atoms with E-state index in [1.807, 2.05) is 6.92 Å². The number of guanidine groups is 1. The summed E-state index contributed by atoms with van der Waals surface area (Å²) in [6.45, 7) is 2.24. The highest BCUT2D eigenvalue weighted by Gasteiger charge is 2.57. The molecule has 31 heavy (non-hydrogen) atoms. The van der Waals surface area contributed by atoms with Crippen molar-refractivity contribution in [3.05, 3.63) is 47.8 Å². The van der Waals surface area contributed by atoms with E-state index in [1.165, 1.54) is 38.7 Å². The van der Waals surface area contributed by atoms with Gasteiger partial charge in [-0.15, -0.1) is 0 Å². The van der Waals surface area contributed by atoms with Gasteiger partial charge in [0.25, 0.3) is 0 Å². The molecule has 0 saturated carbocycles. The Labute approximate surface area is 178 Å². The smallest absolute Gasteiger partial charge is 0.424 e. The molecule has 2 aromatic rings. The van der Waals surface area contributed by atoms with Crippen LogP contribution in [0.25, 0.3) is 0 Å². The number of ether oxygens (including phenoxy) is 1. The first-order valence-corrected chi connectivity index (χ1v) is 9.62. The van der Waals surface area contributed by atoms with Gasteiger partial charge in [0.1, 0.15) is 5.82 Å². The molecule has 0 aliphatic carbocycles. The molecule has 172 valence electrons. The number of benzene rings is 1. The SMILES string of the molecule is CCNC(=NCCC(O)(c1nccn1C)C(F)(F)F)N(C)Cc1ccc(OC)c(F)c1. The van der Waals surface area contributed by atoms with Crippen molar-refractivity contribution in [1.82, 2.24) is 19.8 Å². The number of rotatable bonds is 8. The van der Waals surface area contributed by atoms with Gasteiger partial charge >= 0.3 is 6.18 Å². The molecule has 0 spiro atoms. The van der Waals surface area contributed by atoms with Crippen LogP contribution >= 0.6 is 0 Å². The van der Waals surface area contributed by atoms with Crippen molar-refractivity contribution in [3.63, 3.8) is 0 Å². The van der Waals surface area contributed by atoms with Crippen LogP contribution in [0.2, 0.25) is 0 Å². The number of aromatic nitrogens is 2. The Morgan fingerprint density at radius 1 is 1.35 bits per heavy atom. The summed E-state index contributed by atoms with van der Waals surface area (Å²) in [4.78, 5) is 9.55. The van der Waals surface area contributed by atoms with Gasteiger partial charge in [0.2, 0.25) is 5.60 Å². The molecule has 0 aliphatic rings. The highest BCUT2D eigenvalue weighted by molar-refractivity contribution is 5.79. The van der Waals surface area contributed by atoms with Crippen molar-refractivity contribution in [1.29, 1.82) is 0 Å². The minimum atomic E-state index is -4.92. The van der Waals surface area contributed by atoms with E-state index >= 15 is 0 Å². The summed E-state index contributed by atoms with van der Waals surface area (Å²) in [6.07, 6.45) is -3.10. The van der Waals surface area contributed by atoms with Crippen molar-refractivity contribution >= 4 is 5.96 Å². The molecule has 1 aromatic heterocycles. The second kappa shape index (κ2) is 9.99. The molecule has 2 rings (SSSR count). The Morgan fingerprint density at radius 3 is 2.58 bits per heavy atom. The fourth-order valence-corrected chi connectivity index (χ4v) is 3.09. The largest absolute Gasteiger partial charge is 0.494 e. The van der Waals surface area contributed by atoms with Crippen molar-refractivity contribution in [2.45, 2.75) is 31.7 Å². The number of nitrogens with zero attached hydrogens (tertiary/aromatic N) is 4. The molecule has 0 saturated heterocycles. The lowest BCUT2D eigenvalue weighted by atomic mass is 9.98. The maximum absolute atomic E-state index is 13.9. The number of aliphatic hydroxyl groups is 1. The van der Waals surface area contributed by atoms with Gasteiger partial charge in [-0.25, -0.2) is 9.37 Å². The van der Waals surface area contributed by atoms with E-state index in [0.717, 1.165) is 4.57 Å². The first kappa shape index (κ1) is 24.4. The zero-order chi connectivity index (χ0) is 23.2. The molecule has 1 atom stereocenters. The number of alkyl halides is 3. The van der Waals surface area contributed by atoms with Gasteiger partial charge in [-0.3, -0.25) is 4.99 Å². The molecule has 1 unspecified atom stereocenters. The van der Waals surface area contributed by atoms with Crippen LogP contribution in [0.15, 0.2) is 35.6 Å². The highest BCUT2D eigenvalue weighted by Crippen LogP contribution is 2.40. The van der Waals surface area contributed by atoms with Crippen LogP contribution < -0.4 is 10.1 Å². The van der Waals surface area contributed by atoms with E-state index < -0.39 is 29.8 Å². The average molecular weight is 445 g/mol. The lowest BCUT2D eigenvalue weighted by molar-refractivity contribution is -0.272. The fraction of sp³-hybridized carbons (Fsp3) is 0.500. The Hall–Kier alpha value is -2.82. The predicted octanol–water partition coefficient (Wildman–Crippen LogP) is 2.81. The van der Waals surface area contributed by atoms with Crippen molar-refractivity contribution in [2.24, 2.45) is 12.0 Å². The third-order valence-corrected chi connectivity index (χ3v) is 4.73. The normalized spacial score (nSPS) is 14.3. The molecule has 0 fully saturated rings. The summed E-state index contributed by atoms with van der Waals surface area (Å²) in [7, 11) is 4.43. The highest BCUT2D eigenvalue weighted by atomic mass is 19.4. The second-order valence-electron chi connectivity index (χ2n) is 7.03. The number of methoxy groups -OCH3 is 1. The maximum Gasteiger partial charge on any atom is 0.424 e. The van der Waals surface area contributed by atoms with Crippen LogP contribution in [0, 0.1) is 5.82 Å². The van der Waals surface area contributed by atoms with E-state index in [9.17, 15) is 22.7 Å². The number of halogens is 4. The minimum absolute atomic E-state index is 0.118. The molecular weight excluding hydrogens is 418 g/mol. The molecule has 7 nitrogen and oxygen atoms in total. The van der Waals surface area contributed by atoms with Gasteiger partial charge in [-0.05, 0) is 24.6 Å². The third kappa shape index (κ3) is 5.66. The summed E-state index contributed by atoms with van der Waals surface area (Å²) in [6, 6.07) is 4.51. The fourth-order valence-electron chi connectivity index (χ4n) is 3.09. The Morgan fingerprint density at radius 2 is 2.06 bits per heavy atom. The van der Waals surface area contributed by atoms with Crippen LogP contribution in [0.4, 0.5) is 17.6 Å². The standard InChI is InChI=1S/C20H27F4N5O2/c1-5-25-18(29(3)13-14-6-7-16(31-4)15(21)12-14)27-9-8-19(30,20(22,23)24)17-26-10-11-28(17)2/h6-7,10-12,30H,5,8-9,13H2,1-4H3,(H,25,27). The summed E-state index contributed by atoms with van der Waals surface area (Å²) in [5.41, 5.74) is -2.50. The van der Waals surface area contributed by atoms with Gasteiger partial charge in [-0.2, -0.15) is 13.2 Å². The number of imidazole rings is 1. The van der Waals surface area contributed by atoms with Gasteiger partial charge in [-0.1, -0.05) is 6.07 Å². The van der Waals surface area contributed by atoms with E-state index in [0.29, 0.717) is 18.1 Å². The maximum atomic E-state index is 13.9. The van der Waals surface area contributed by atoms with Crippen LogP contribution in [0.3, 0.4) is 0 Å². The zero-order valence-corrected chi connectivity index (χ0v) is 17.9. The van der Waals surface area contributed by atoms with E-state index in [4.69, 9.17) is 4.74 Å². The molecule has 1 heterocycles.